The molecule has 1 unspecified atom stereocenters. The van der Waals surface area contributed by atoms with Gasteiger partial charge in [0.2, 0.25) is 0 Å². The summed E-state index contributed by atoms with van der Waals surface area (Å²) in [7, 11) is 0. The molecular weight excluding hydrogens is 434 g/mol. The fourth-order valence-corrected chi connectivity index (χ4v) is 3.73. The number of carbonyl (C=O) groups is 2. The molecule has 34 heavy (non-hydrogen) atoms. The van der Waals surface area contributed by atoms with Crippen molar-refractivity contribution in [2.24, 2.45) is 10.4 Å². The van der Waals surface area contributed by atoms with Crippen molar-refractivity contribution in [3.05, 3.63) is 35.9 Å². The number of ether oxygens (including phenoxy) is 2. The van der Waals surface area contributed by atoms with Gasteiger partial charge in [-0.15, -0.1) is 0 Å². The van der Waals surface area contributed by atoms with E-state index in [0.717, 1.165) is 25.9 Å². The Morgan fingerprint density at radius 1 is 1.26 bits per heavy atom. The summed E-state index contributed by atoms with van der Waals surface area (Å²) in [4.78, 5) is 34.0. The number of hydrogen-bond donors (Lipinski definition) is 1. The van der Waals surface area contributed by atoms with Crippen LogP contribution in [0.15, 0.2) is 35.3 Å². The van der Waals surface area contributed by atoms with E-state index in [1.807, 2.05) is 57.3 Å². The van der Waals surface area contributed by atoms with Gasteiger partial charge in [0.05, 0.1) is 13.2 Å². The van der Waals surface area contributed by atoms with Crippen LogP contribution in [-0.4, -0.2) is 79.2 Å². The van der Waals surface area contributed by atoms with E-state index in [-0.39, 0.29) is 29.8 Å². The Hall–Kier alpha value is -2.96. The minimum Gasteiger partial charge on any atom is -0.448 e. The van der Waals surface area contributed by atoms with Crippen molar-refractivity contribution in [1.29, 1.82) is 5.26 Å². The summed E-state index contributed by atoms with van der Waals surface area (Å²) in [5.41, 5.74) is 0.448. The molecule has 1 N–H and O–H groups in total. The van der Waals surface area contributed by atoms with Gasteiger partial charge in [0.25, 0.3) is 5.91 Å². The molecule has 2 fully saturated rings. The zero-order valence-corrected chi connectivity index (χ0v) is 20.3. The number of rotatable bonds is 8. The van der Waals surface area contributed by atoms with Crippen molar-refractivity contribution in [2.45, 2.75) is 52.1 Å². The highest BCUT2D eigenvalue weighted by atomic mass is 16.5. The molecule has 0 spiro atoms. The highest BCUT2D eigenvalue weighted by Crippen LogP contribution is 2.30. The molecule has 1 aliphatic heterocycles. The quantitative estimate of drug-likeness (QED) is 0.272. The zero-order valence-electron chi connectivity index (χ0n) is 20.3. The normalized spacial score (nSPS) is 18.0. The van der Waals surface area contributed by atoms with E-state index < -0.39 is 12.1 Å². The SMILES string of the molecule is CC(C)(C)CC(N=C(NC(=O)OCCN1CCOCC1)c1ccccc1)C(=O)N(C#N)C1CC1. The smallest absolute Gasteiger partial charge is 0.412 e. The maximum atomic E-state index is 13.3. The molecule has 2 aliphatic rings. The van der Waals surface area contributed by atoms with Crippen LogP contribution >= 0.6 is 0 Å². The first-order valence-corrected chi connectivity index (χ1v) is 11.9. The summed E-state index contributed by atoms with van der Waals surface area (Å²) in [5, 5.41) is 12.3. The van der Waals surface area contributed by atoms with Gasteiger partial charge in [-0.05, 0) is 24.7 Å². The van der Waals surface area contributed by atoms with Crippen molar-refractivity contribution < 1.29 is 19.1 Å². The Labute approximate surface area is 201 Å². The minimum absolute atomic E-state index is 0.0477. The number of amides is 2. The zero-order chi connectivity index (χ0) is 24.6. The Balaban J connectivity index is 1.76. The van der Waals surface area contributed by atoms with Crippen LogP contribution in [-0.2, 0) is 14.3 Å². The van der Waals surface area contributed by atoms with E-state index in [1.165, 1.54) is 4.90 Å². The van der Waals surface area contributed by atoms with Gasteiger partial charge in [-0.25, -0.2) is 9.69 Å². The van der Waals surface area contributed by atoms with E-state index >= 15 is 0 Å². The molecule has 3 rings (SSSR count). The van der Waals surface area contributed by atoms with E-state index in [0.29, 0.717) is 31.7 Å². The largest absolute Gasteiger partial charge is 0.448 e. The van der Waals surface area contributed by atoms with Gasteiger partial charge in [0.1, 0.15) is 18.5 Å². The lowest BCUT2D eigenvalue weighted by atomic mass is 9.87. The summed E-state index contributed by atoms with van der Waals surface area (Å²) < 4.78 is 10.7. The second-order valence-electron chi connectivity index (χ2n) is 9.88. The molecule has 9 nitrogen and oxygen atoms in total. The maximum absolute atomic E-state index is 13.3. The van der Waals surface area contributed by atoms with Crippen LogP contribution < -0.4 is 5.32 Å². The molecule has 9 heteroatoms. The fourth-order valence-electron chi connectivity index (χ4n) is 3.73. The van der Waals surface area contributed by atoms with Gasteiger partial charge in [0, 0.05) is 31.2 Å². The molecule has 184 valence electrons. The number of carbonyl (C=O) groups excluding carboxylic acids is 2. The second-order valence-corrected chi connectivity index (χ2v) is 9.88. The molecule has 1 heterocycles. The number of aliphatic imine (C=N–C) groups is 1. The number of nitrogens with one attached hydrogen (secondary N) is 1. The fraction of sp³-hybridized carbons (Fsp3) is 0.600. The van der Waals surface area contributed by atoms with Crippen molar-refractivity contribution in [2.75, 3.05) is 39.5 Å². The van der Waals surface area contributed by atoms with Crippen molar-refractivity contribution >= 4 is 17.8 Å². The lowest BCUT2D eigenvalue weighted by Crippen LogP contribution is -2.41. The van der Waals surface area contributed by atoms with E-state index in [4.69, 9.17) is 9.47 Å². The Morgan fingerprint density at radius 2 is 1.94 bits per heavy atom. The number of amidine groups is 1. The van der Waals surface area contributed by atoms with Gasteiger partial charge in [-0.3, -0.25) is 20.0 Å². The highest BCUT2D eigenvalue weighted by Gasteiger charge is 2.38. The molecule has 1 saturated heterocycles. The maximum Gasteiger partial charge on any atom is 0.412 e. The van der Waals surface area contributed by atoms with Gasteiger partial charge in [-0.2, -0.15) is 5.26 Å². The third-order valence-corrected chi connectivity index (χ3v) is 5.64. The Morgan fingerprint density at radius 3 is 2.53 bits per heavy atom. The standard InChI is InChI=1S/C25H35N5O4/c1-25(2,3)17-21(23(31)30(18-26)20-9-10-20)27-22(19-7-5-4-6-8-19)28-24(32)34-16-13-29-11-14-33-15-12-29/h4-8,20-21H,9-17H2,1-3H3,(H,27,28,32). The van der Waals surface area contributed by atoms with Gasteiger partial charge < -0.3 is 9.47 Å². The first kappa shape index (κ1) is 25.7. The summed E-state index contributed by atoms with van der Waals surface area (Å²) in [5.74, 6) is -0.0795. The number of nitriles is 1. The summed E-state index contributed by atoms with van der Waals surface area (Å²) >= 11 is 0. The third kappa shape index (κ3) is 8.12. The van der Waals surface area contributed by atoms with Crippen molar-refractivity contribution in [3.63, 3.8) is 0 Å². The number of nitrogens with zero attached hydrogens (tertiary/aromatic N) is 4. The van der Waals surface area contributed by atoms with Crippen molar-refractivity contribution in [3.8, 4) is 6.19 Å². The van der Waals surface area contributed by atoms with Gasteiger partial charge >= 0.3 is 6.09 Å². The summed E-state index contributed by atoms with van der Waals surface area (Å²) in [6.07, 6.45) is 3.48. The molecule has 2 amide bonds. The van der Waals surface area contributed by atoms with E-state index in [9.17, 15) is 14.9 Å². The summed E-state index contributed by atoms with van der Waals surface area (Å²) in [6.45, 7) is 9.91. The van der Waals surface area contributed by atoms with Gasteiger partial charge in [-0.1, -0.05) is 51.1 Å². The van der Waals surface area contributed by atoms with E-state index in [2.05, 4.69) is 15.2 Å². The van der Waals surface area contributed by atoms with E-state index in [1.54, 1.807) is 0 Å². The first-order chi connectivity index (χ1) is 16.3. The molecule has 0 radical (unpaired) electrons. The second kappa shape index (κ2) is 12.0. The van der Waals surface area contributed by atoms with Gasteiger partial charge in [0.15, 0.2) is 6.19 Å². The predicted octanol–water partition coefficient (Wildman–Crippen LogP) is 2.77. The number of hydrogen-bond acceptors (Lipinski definition) is 7. The summed E-state index contributed by atoms with van der Waals surface area (Å²) in [6, 6.07) is 8.32. The highest BCUT2D eigenvalue weighted by molar-refractivity contribution is 6.07. The molecule has 1 aliphatic carbocycles. The van der Waals surface area contributed by atoms with Crippen LogP contribution in [0.5, 0.6) is 0 Å². The number of morpholine rings is 1. The average Bonchev–Trinajstić information content (AvgIpc) is 3.64. The number of benzene rings is 1. The third-order valence-electron chi connectivity index (χ3n) is 5.64. The molecule has 1 atom stereocenters. The van der Waals surface area contributed by atoms with Crippen LogP contribution in [0.1, 0.15) is 45.6 Å². The minimum atomic E-state index is -0.802. The Bertz CT molecular complexity index is 896. The molecular formula is C25H35N5O4. The number of alkyl carbamates (subject to hydrolysis) is 1. The molecule has 1 aromatic carbocycles. The topological polar surface area (TPSA) is 107 Å². The monoisotopic (exact) mass is 469 g/mol. The molecule has 0 aromatic heterocycles. The van der Waals surface area contributed by atoms with Crippen LogP contribution in [0.3, 0.4) is 0 Å². The molecule has 0 bridgehead atoms. The van der Waals surface area contributed by atoms with Crippen LogP contribution in [0.2, 0.25) is 0 Å². The first-order valence-electron chi connectivity index (χ1n) is 11.9. The van der Waals surface area contributed by atoms with Crippen LogP contribution in [0, 0.1) is 16.9 Å². The van der Waals surface area contributed by atoms with Crippen LogP contribution in [0.25, 0.3) is 0 Å². The van der Waals surface area contributed by atoms with Crippen molar-refractivity contribution in [1.82, 2.24) is 15.1 Å². The Kier molecular flexibility index (Phi) is 9.02. The molecule has 1 aromatic rings. The average molecular weight is 470 g/mol. The lowest BCUT2D eigenvalue weighted by Gasteiger charge is -2.26. The lowest BCUT2D eigenvalue weighted by molar-refractivity contribution is -0.130. The molecule has 1 saturated carbocycles. The van der Waals surface area contributed by atoms with Crippen LogP contribution in [0.4, 0.5) is 4.79 Å². The predicted molar refractivity (Wildman–Crippen MR) is 128 cm³/mol.